The Bertz CT molecular complexity index is 973. The van der Waals surface area contributed by atoms with E-state index in [1.165, 1.54) is 19.4 Å². The van der Waals surface area contributed by atoms with Crippen molar-refractivity contribution in [1.29, 1.82) is 0 Å². The molecule has 1 N–H and O–H groups in total. The number of esters is 2. The monoisotopic (exact) mass is 562 g/mol. The fraction of sp³-hybridized carbons (Fsp3) is 0.692. The number of nitrogens with zero attached hydrogens (tertiary/aromatic N) is 1. The van der Waals surface area contributed by atoms with E-state index in [4.69, 9.17) is 23.7 Å². The smallest absolute Gasteiger partial charge is 0.389 e. The predicted octanol–water partition coefficient (Wildman–Crippen LogP) is 4.00. The van der Waals surface area contributed by atoms with Crippen molar-refractivity contribution in [1.82, 2.24) is 10.3 Å². The quantitative estimate of drug-likeness (QED) is 0.315. The Hall–Kier alpha value is -2.93. The number of pyridine rings is 1. The summed E-state index contributed by atoms with van der Waals surface area (Å²) in [6, 6.07) is 0.338. The van der Waals surface area contributed by atoms with Crippen molar-refractivity contribution in [3.63, 3.8) is 0 Å². The van der Waals surface area contributed by atoms with Gasteiger partial charge in [0, 0.05) is 38.8 Å². The van der Waals surface area contributed by atoms with Crippen molar-refractivity contribution in [2.45, 2.75) is 90.3 Å². The lowest BCUT2D eigenvalue weighted by Gasteiger charge is -2.31. The van der Waals surface area contributed by atoms with Crippen LogP contribution >= 0.6 is 0 Å². The van der Waals surface area contributed by atoms with Crippen LogP contribution in [-0.2, 0) is 23.8 Å². The van der Waals surface area contributed by atoms with Crippen LogP contribution in [-0.4, -0.2) is 73.7 Å². The van der Waals surface area contributed by atoms with Gasteiger partial charge in [-0.3, -0.25) is 9.59 Å². The molecule has 0 aliphatic carbocycles. The highest BCUT2D eigenvalue weighted by Crippen LogP contribution is 2.30. The molecule has 0 aromatic carbocycles. The van der Waals surface area contributed by atoms with E-state index < -0.39 is 54.8 Å². The van der Waals surface area contributed by atoms with Crippen LogP contribution < -0.4 is 14.8 Å². The molecule has 1 aromatic heterocycles. The standard InChI is InChI=1S/C26H37F3N2O8/c1-15(2)14-37-20-9-6-8-18(25(34)38-16(3)22(20)36-13-7-11-26(27,28)29)31-24(33)21-23(39-17(4)32)19(35-5)10-12-30-21/h10,12,15-16,18,20,22H,6-9,11,13-14H2,1-5H3,(H,31,33). The average Bonchev–Trinajstić information content (AvgIpc) is 2.88. The summed E-state index contributed by atoms with van der Waals surface area (Å²) in [6.45, 7) is 6.85. The molecule has 0 saturated carbocycles. The van der Waals surface area contributed by atoms with Gasteiger partial charge in [-0.25, -0.2) is 9.78 Å². The molecule has 39 heavy (non-hydrogen) atoms. The summed E-state index contributed by atoms with van der Waals surface area (Å²) in [6.07, 6.45) is -5.43. The molecular weight excluding hydrogens is 525 g/mol. The lowest BCUT2D eigenvalue weighted by atomic mass is 10.0. The lowest BCUT2D eigenvalue weighted by molar-refractivity contribution is -0.170. The van der Waals surface area contributed by atoms with E-state index in [9.17, 15) is 27.6 Å². The second-order valence-electron chi connectivity index (χ2n) is 9.70. The highest BCUT2D eigenvalue weighted by molar-refractivity contribution is 5.98. The first-order chi connectivity index (χ1) is 18.3. The van der Waals surface area contributed by atoms with Crippen LogP contribution in [0.4, 0.5) is 13.2 Å². The maximum Gasteiger partial charge on any atom is 0.389 e. The van der Waals surface area contributed by atoms with Gasteiger partial charge in [0.05, 0.1) is 13.2 Å². The van der Waals surface area contributed by atoms with Crippen LogP contribution in [0.1, 0.15) is 70.3 Å². The van der Waals surface area contributed by atoms with E-state index in [2.05, 4.69) is 10.3 Å². The molecule has 0 radical (unpaired) electrons. The molecule has 4 atom stereocenters. The Morgan fingerprint density at radius 1 is 1.23 bits per heavy atom. The van der Waals surface area contributed by atoms with Gasteiger partial charge in [-0.2, -0.15) is 13.2 Å². The molecular formula is C26H37F3N2O8. The van der Waals surface area contributed by atoms with Crippen LogP contribution in [0.2, 0.25) is 0 Å². The van der Waals surface area contributed by atoms with Gasteiger partial charge in [0.2, 0.25) is 5.75 Å². The minimum atomic E-state index is -4.30. The van der Waals surface area contributed by atoms with Gasteiger partial charge in [-0.1, -0.05) is 13.8 Å². The highest BCUT2D eigenvalue weighted by Gasteiger charge is 2.36. The van der Waals surface area contributed by atoms with Crippen molar-refractivity contribution in [3.8, 4) is 11.5 Å². The molecule has 13 heteroatoms. The number of halogens is 3. The first-order valence-corrected chi connectivity index (χ1v) is 12.8. The van der Waals surface area contributed by atoms with Crippen LogP contribution in [0.3, 0.4) is 0 Å². The summed E-state index contributed by atoms with van der Waals surface area (Å²) < 4.78 is 65.4. The number of aromatic nitrogens is 1. The fourth-order valence-corrected chi connectivity index (χ4v) is 4.02. The summed E-state index contributed by atoms with van der Waals surface area (Å²) in [7, 11) is 1.33. The predicted molar refractivity (Wildman–Crippen MR) is 132 cm³/mol. The van der Waals surface area contributed by atoms with Crippen molar-refractivity contribution in [2.24, 2.45) is 5.92 Å². The van der Waals surface area contributed by atoms with Gasteiger partial charge in [-0.15, -0.1) is 0 Å². The third kappa shape index (κ3) is 10.6. The zero-order chi connectivity index (χ0) is 29.2. The molecule has 0 spiro atoms. The van der Waals surface area contributed by atoms with Gasteiger partial charge >= 0.3 is 18.1 Å². The summed E-state index contributed by atoms with van der Waals surface area (Å²) >= 11 is 0. The van der Waals surface area contributed by atoms with Gasteiger partial charge in [0.15, 0.2) is 11.4 Å². The third-order valence-corrected chi connectivity index (χ3v) is 5.81. The first-order valence-electron chi connectivity index (χ1n) is 12.8. The van der Waals surface area contributed by atoms with E-state index in [1.807, 2.05) is 13.8 Å². The van der Waals surface area contributed by atoms with Gasteiger partial charge in [0.25, 0.3) is 5.91 Å². The Labute approximate surface area is 225 Å². The first kappa shape index (κ1) is 32.3. The molecule has 2 rings (SSSR count). The average molecular weight is 563 g/mol. The molecule has 1 saturated heterocycles. The number of cyclic esters (lactones) is 1. The molecule has 4 unspecified atom stereocenters. The number of methoxy groups -OCH3 is 1. The van der Waals surface area contributed by atoms with E-state index in [0.717, 1.165) is 6.92 Å². The molecule has 0 bridgehead atoms. The SMILES string of the molecule is COc1ccnc(C(=O)NC2CCCC(OCC(C)C)C(OCCCC(F)(F)F)C(C)OC2=O)c1OC(C)=O. The molecule has 220 valence electrons. The van der Waals surface area contributed by atoms with E-state index in [0.29, 0.717) is 19.4 Å². The Morgan fingerprint density at radius 2 is 1.95 bits per heavy atom. The Morgan fingerprint density at radius 3 is 2.56 bits per heavy atom. The Balaban J connectivity index is 2.20. The molecule has 1 fully saturated rings. The maximum atomic E-state index is 13.1. The molecule has 1 aliphatic heterocycles. The summed E-state index contributed by atoms with van der Waals surface area (Å²) in [5.74, 6) is -2.13. The van der Waals surface area contributed by atoms with E-state index in [-0.39, 0.29) is 42.6 Å². The van der Waals surface area contributed by atoms with Gasteiger partial charge < -0.3 is 29.0 Å². The topological polar surface area (TPSA) is 122 Å². The van der Waals surface area contributed by atoms with Gasteiger partial charge in [0.1, 0.15) is 18.2 Å². The number of rotatable bonds is 11. The molecule has 10 nitrogen and oxygen atoms in total. The molecule has 1 amide bonds. The zero-order valence-corrected chi connectivity index (χ0v) is 22.8. The van der Waals surface area contributed by atoms with Crippen molar-refractivity contribution in [3.05, 3.63) is 18.0 Å². The molecule has 1 aromatic rings. The van der Waals surface area contributed by atoms with Crippen LogP contribution in [0.5, 0.6) is 11.5 Å². The van der Waals surface area contributed by atoms with Crippen LogP contribution in [0, 0.1) is 5.92 Å². The maximum absolute atomic E-state index is 13.1. The number of carbonyl (C=O) groups excluding carboxylic acids is 3. The Kier molecular flexibility index (Phi) is 12.4. The number of nitrogens with one attached hydrogen (secondary N) is 1. The minimum absolute atomic E-state index is 0.103. The van der Waals surface area contributed by atoms with E-state index >= 15 is 0 Å². The van der Waals surface area contributed by atoms with E-state index in [1.54, 1.807) is 6.92 Å². The molecule has 2 heterocycles. The number of hydrogen-bond donors (Lipinski definition) is 1. The van der Waals surface area contributed by atoms with Crippen LogP contribution in [0.15, 0.2) is 12.3 Å². The van der Waals surface area contributed by atoms with Crippen molar-refractivity contribution < 1.29 is 51.2 Å². The zero-order valence-electron chi connectivity index (χ0n) is 22.8. The van der Waals surface area contributed by atoms with Crippen LogP contribution in [0.25, 0.3) is 0 Å². The number of hydrogen-bond acceptors (Lipinski definition) is 9. The normalized spacial score (nSPS) is 22.3. The minimum Gasteiger partial charge on any atom is -0.493 e. The number of alkyl halides is 3. The largest absolute Gasteiger partial charge is 0.493 e. The number of ether oxygens (including phenoxy) is 5. The highest BCUT2D eigenvalue weighted by atomic mass is 19.4. The van der Waals surface area contributed by atoms with Crippen molar-refractivity contribution in [2.75, 3.05) is 20.3 Å². The lowest BCUT2D eigenvalue weighted by Crippen LogP contribution is -2.46. The molecule has 1 aliphatic rings. The summed E-state index contributed by atoms with van der Waals surface area (Å²) in [4.78, 5) is 41.7. The number of amides is 1. The van der Waals surface area contributed by atoms with Gasteiger partial charge in [-0.05, 0) is 38.5 Å². The summed E-state index contributed by atoms with van der Waals surface area (Å²) in [5, 5.41) is 2.59. The second-order valence-corrected chi connectivity index (χ2v) is 9.70. The number of carbonyl (C=O) groups is 3. The third-order valence-electron chi connectivity index (χ3n) is 5.81. The second kappa shape index (κ2) is 15.0. The van der Waals surface area contributed by atoms with Crippen molar-refractivity contribution >= 4 is 17.8 Å². The fourth-order valence-electron chi connectivity index (χ4n) is 4.02. The summed E-state index contributed by atoms with van der Waals surface area (Å²) in [5.41, 5.74) is -0.255.